The Labute approximate surface area is 84.0 Å². The number of carbonyl (C=O) groups is 1. The maximum atomic E-state index is 11.8. The Morgan fingerprint density at radius 3 is 3.07 bits per heavy atom. The van der Waals surface area contributed by atoms with E-state index in [1.165, 1.54) is 0 Å². The van der Waals surface area contributed by atoms with E-state index in [-0.39, 0.29) is 24.6 Å². The van der Waals surface area contributed by atoms with Gasteiger partial charge in [-0.3, -0.25) is 4.79 Å². The smallest absolute Gasteiger partial charge is 0.239 e. The maximum absolute atomic E-state index is 11.8. The number of nitrogens with zero attached hydrogens (tertiary/aromatic N) is 1. The third kappa shape index (κ3) is 2.43. The van der Waals surface area contributed by atoms with Gasteiger partial charge in [0.1, 0.15) is 0 Å². The van der Waals surface area contributed by atoms with Crippen molar-refractivity contribution in [2.45, 2.75) is 19.0 Å². The van der Waals surface area contributed by atoms with Crippen LogP contribution < -0.4 is 5.32 Å². The quantitative estimate of drug-likeness (QED) is 0.604. The fourth-order valence-corrected chi connectivity index (χ4v) is 1.47. The summed E-state index contributed by atoms with van der Waals surface area (Å²) in [4.78, 5) is 13.5. The van der Waals surface area contributed by atoms with Crippen LogP contribution in [0.4, 0.5) is 0 Å². The molecule has 0 aliphatic carbocycles. The minimum atomic E-state index is -0.206. The first kappa shape index (κ1) is 11.4. The molecule has 0 aromatic rings. The molecule has 0 aromatic heterocycles. The van der Waals surface area contributed by atoms with Crippen molar-refractivity contribution in [2.24, 2.45) is 0 Å². The molecular weight excluding hydrogens is 184 g/mol. The summed E-state index contributed by atoms with van der Waals surface area (Å²) in [7, 11) is 1.75. The average Bonchev–Trinajstić information content (AvgIpc) is 2.26. The van der Waals surface area contributed by atoms with Gasteiger partial charge in [-0.25, -0.2) is 0 Å². The Bertz CT molecular complexity index is 198. The maximum Gasteiger partial charge on any atom is 0.239 e. The van der Waals surface area contributed by atoms with Crippen LogP contribution in [0.3, 0.4) is 0 Å². The molecule has 5 heteroatoms. The van der Waals surface area contributed by atoms with E-state index in [9.17, 15) is 4.79 Å². The molecule has 82 valence electrons. The molecule has 1 saturated heterocycles. The first-order valence-electron chi connectivity index (χ1n) is 4.87. The molecule has 5 nitrogen and oxygen atoms in total. The molecule has 1 heterocycles. The van der Waals surface area contributed by atoms with Crippen molar-refractivity contribution in [2.75, 3.05) is 33.4 Å². The monoisotopic (exact) mass is 202 g/mol. The van der Waals surface area contributed by atoms with Gasteiger partial charge in [-0.15, -0.1) is 0 Å². The highest BCUT2D eigenvalue weighted by Crippen LogP contribution is 2.08. The van der Waals surface area contributed by atoms with Crippen molar-refractivity contribution in [3.63, 3.8) is 0 Å². The lowest BCUT2D eigenvalue weighted by molar-refractivity contribution is -0.143. The average molecular weight is 202 g/mol. The molecule has 1 aliphatic heterocycles. The predicted molar refractivity (Wildman–Crippen MR) is 51.9 cm³/mol. The minimum absolute atomic E-state index is 0.0230. The number of aliphatic hydroxyl groups excluding tert-OH is 1. The second-order valence-electron chi connectivity index (χ2n) is 3.45. The van der Waals surface area contributed by atoms with Crippen LogP contribution in [0.2, 0.25) is 0 Å². The van der Waals surface area contributed by atoms with Gasteiger partial charge in [-0.05, 0) is 14.0 Å². The summed E-state index contributed by atoms with van der Waals surface area (Å²) in [6.45, 7) is 3.32. The third-order valence-electron chi connectivity index (χ3n) is 2.52. The van der Waals surface area contributed by atoms with Gasteiger partial charge >= 0.3 is 0 Å². The molecule has 0 aromatic carbocycles. The molecule has 1 fully saturated rings. The van der Waals surface area contributed by atoms with Crippen LogP contribution in [0.25, 0.3) is 0 Å². The number of hydrogen-bond acceptors (Lipinski definition) is 4. The first-order chi connectivity index (χ1) is 6.70. The molecule has 0 radical (unpaired) electrons. The number of carbonyl (C=O) groups excluding carboxylic acids is 1. The predicted octanol–water partition coefficient (Wildman–Crippen LogP) is -1.19. The van der Waals surface area contributed by atoms with Crippen LogP contribution in [-0.2, 0) is 9.53 Å². The van der Waals surface area contributed by atoms with Gasteiger partial charge in [0.2, 0.25) is 5.91 Å². The molecular formula is C9H18N2O3. The summed E-state index contributed by atoms with van der Waals surface area (Å²) in [5, 5.41) is 12.0. The normalized spacial score (nSPS) is 24.8. The van der Waals surface area contributed by atoms with Crippen molar-refractivity contribution in [3.8, 4) is 0 Å². The van der Waals surface area contributed by atoms with E-state index in [1.807, 2.05) is 6.92 Å². The summed E-state index contributed by atoms with van der Waals surface area (Å²) in [6.07, 6.45) is 0. The van der Waals surface area contributed by atoms with Crippen LogP contribution in [0.1, 0.15) is 6.92 Å². The lowest BCUT2D eigenvalue weighted by atomic mass is 10.2. The van der Waals surface area contributed by atoms with Gasteiger partial charge in [-0.1, -0.05) is 0 Å². The number of aliphatic hydroxyl groups is 1. The number of hydrogen-bond donors (Lipinski definition) is 2. The van der Waals surface area contributed by atoms with Crippen molar-refractivity contribution in [3.05, 3.63) is 0 Å². The number of ether oxygens (including phenoxy) is 1. The molecule has 1 aliphatic rings. The van der Waals surface area contributed by atoms with Crippen LogP contribution >= 0.6 is 0 Å². The van der Waals surface area contributed by atoms with E-state index >= 15 is 0 Å². The Morgan fingerprint density at radius 1 is 1.79 bits per heavy atom. The molecule has 1 amide bonds. The van der Waals surface area contributed by atoms with E-state index in [4.69, 9.17) is 9.84 Å². The van der Waals surface area contributed by atoms with Crippen LogP contribution in [0.5, 0.6) is 0 Å². The minimum Gasteiger partial charge on any atom is -0.394 e. The summed E-state index contributed by atoms with van der Waals surface area (Å²) >= 11 is 0. The van der Waals surface area contributed by atoms with Crippen LogP contribution in [-0.4, -0.2) is 61.4 Å². The van der Waals surface area contributed by atoms with Gasteiger partial charge < -0.3 is 20.1 Å². The highest BCUT2D eigenvalue weighted by atomic mass is 16.5. The van der Waals surface area contributed by atoms with Gasteiger partial charge in [0, 0.05) is 6.54 Å². The first-order valence-corrected chi connectivity index (χ1v) is 4.87. The Kier molecular flexibility index (Phi) is 4.31. The van der Waals surface area contributed by atoms with Gasteiger partial charge in [0.25, 0.3) is 0 Å². The molecule has 2 atom stereocenters. The summed E-state index contributed by atoms with van der Waals surface area (Å²) in [5.41, 5.74) is 0. The van der Waals surface area contributed by atoms with Crippen LogP contribution in [0.15, 0.2) is 0 Å². The lowest BCUT2D eigenvalue weighted by Gasteiger charge is -2.36. The van der Waals surface area contributed by atoms with E-state index in [1.54, 1.807) is 11.9 Å². The lowest BCUT2D eigenvalue weighted by Crippen LogP contribution is -2.55. The largest absolute Gasteiger partial charge is 0.394 e. The summed E-state index contributed by atoms with van der Waals surface area (Å²) in [5.74, 6) is 0.0230. The SMILES string of the molecule is CNC(C)C(=O)N1CCOCC1CO. The number of nitrogens with one attached hydrogen (secondary N) is 1. The third-order valence-corrected chi connectivity index (χ3v) is 2.52. The highest BCUT2D eigenvalue weighted by Gasteiger charge is 2.28. The van der Waals surface area contributed by atoms with E-state index < -0.39 is 0 Å². The zero-order valence-electron chi connectivity index (χ0n) is 8.69. The fourth-order valence-electron chi connectivity index (χ4n) is 1.47. The summed E-state index contributed by atoms with van der Waals surface area (Å²) < 4.78 is 5.19. The second-order valence-corrected chi connectivity index (χ2v) is 3.45. The second kappa shape index (κ2) is 5.29. The van der Waals surface area contributed by atoms with E-state index in [0.29, 0.717) is 19.8 Å². The number of likely N-dealkylation sites (N-methyl/N-ethyl adjacent to an activating group) is 1. The molecule has 2 N–H and O–H groups in total. The number of amides is 1. The zero-order chi connectivity index (χ0) is 10.6. The molecule has 0 saturated carbocycles. The van der Waals surface area contributed by atoms with E-state index in [0.717, 1.165) is 0 Å². The van der Waals surface area contributed by atoms with Crippen molar-refractivity contribution >= 4 is 5.91 Å². The highest BCUT2D eigenvalue weighted by molar-refractivity contribution is 5.81. The Hall–Kier alpha value is -0.650. The number of morpholine rings is 1. The molecule has 2 unspecified atom stereocenters. The molecule has 0 bridgehead atoms. The summed E-state index contributed by atoms with van der Waals surface area (Å²) in [6, 6.07) is -0.394. The van der Waals surface area contributed by atoms with Gasteiger partial charge in [0.05, 0.1) is 31.9 Å². The molecule has 1 rings (SSSR count). The van der Waals surface area contributed by atoms with Crippen molar-refractivity contribution in [1.29, 1.82) is 0 Å². The molecule has 0 spiro atoms. The van der Waals surface area contributed by atoms with Gasteiger partial charge in [0.15, 0.2) is 0 Å². The standard InChI is InChI=1S/C9H18N2O3/c1-7(10-2)9(13)11-3-4-14-6-8(11)5-12/h7-8,10,12H,3-6H2,1-2H3. The fraction of sp³-hybridized carbons (Fsp3) is 0.889. The topological polar surface area (TPSA) is 61.8 Å². The van der Waals surface area contributed by atoms with Crippen molar-refractivity contribution in [1.82, 2.24) is 10.2 Å². The Balaban J connectivity index is 2.58. The Morgan fingerprint density at radius 2 is 2.50 bits per heavy atom. The van der Waals surface area contributed by atoms with Gasteiger partial charge in [-0.2, -0.15) is 0 Å². The van der Waals surface area contributed by atoms with E-state index in [2.05, 4.69) is 5.32 Å². The zero-order valence-corrected chi connectivity index (χ0v) is 8.69. The van der Waals surface area contributed by atoms with Crippen molar-refractivity contribution < 1.29 is 14.6 Å². The van der Waals surface area contributed by atoms with Crippen LogP contribution in [0, 0.1) is 0 Å². The number of rotatable bonds is 3. The molecule has 14 heavy (non-hydrogen) atoms.